The Kier molecular flexibility index (Phi) is 16.5. The number of para-hydroxylation sites is 1. The van der Waals surface area contributed by atoms with Crippen LogP contribution in [0.4, 0.5) is 0 Å². The highest BCUT2D eigenvalue weighted by atomic mass is 32.2. The standard InChI is InChI=1S/C32H50OS2/c1-4-6-8-10-12-16-23-34-25-28-19-18-20-29(26-35-24-17-13-11-9-7-5-2)32(28)27(3)30-21-14-15-22-31(30)33/h14-15,18-22,27,33H,4-13,16-17,23-26H2,1-3H3. The van der Waals surface area contributed by atoms with Crippen LogP contribution >= 0.6 is 23.5 Å². The molecule has 0 saturated carbocycles. The van der Waals surface area contributed by atoms with Crippen molar-refractivity contribution < 1.29 is 5.11 Å². The van der Waals surface area contributed by atoms with Crippen LogP contribution in [0.3, 0.4) is 0 Å². The molecule has 0 fully saturated rings. The Labute approximate surface area is 225 Å². The molecule has 2 aromatic rings. The highest BCUT2D eigenvalue weighted by Gasteiger charge is 2.19. The first-order valence-corrected chi connectivity index (χ1v) is 16.5. The van der Waals surface area contributed by atoms with Gasteiger partial charge in [0.2, 0.25) is 0 Å². The predicted octanol–water partition coefficient (Wildman–Crippen LogP) is 10.7. The van der Waals surface area contributed by atoms with E-state index in [2.05, 4.69) is 74.6 Å². The van der Waals surface area contributed by atoms with Gasteiger partial charge in [0, 0.05) is 23.0 Å². The van der Waals surface area contributed by atoms with E-state index in [1.807, 2.05) is 12.1 Å². The summed E-state index contributed by atoms with van der Waals surface area (Å²) in [5.41, 5.74) is 5.40. The fraction of sp³-hybridized carbons (Fsp3) is 0.625. The molecule has 0 saturated heterocycles. The molecule has 0 heterocycles. The molecule has 0 spiro atoms. The van der Waals surface area contributed by atoms with Crippen LogP contribution in [0.5, 0.6) is 5.75 Å². The van der Waals surface area contributed by atoms with Crippen LogP contribution in [0.25, 0.3) is 0 Å². The maximum absolute atomic E-state index is 10.6. The van der Waals surface area contributed by atoms with E-state index in [0.717, 1.165) is 17.1 Å². The van der Waals surface area contributed by atoms with Crippen LogP contribution in [0, 0.1) is 0 Å². The van der Waals surface area contributed by atoms with Gasteiger partial charge in [-0.1, -0.05) is 121 Å². The fourth-order valence-corrected chi connectivity index (χ4v) is 6.86. The van der Waals surface area contributed by atoms with E-state index in [-0.39, 0.29) is 5.92 Å². The third-order valence-corrected chi connectivity index (χ3v) is 9.11. The highest BCUT2D eigenvalue weighted by molar-refractivity contribution is 7.98. The van der Waals surface area contributed by atoms with Gasteiger partial charge in [-0.15, -0.1) is 0 Å². The number of thioether (sulfide) groups is 2. The number of hydrogen-bond donors (Lipinski definition) is 1. The molecule has 0 aromatic heterocycles. The molecule has 1 atom stereocenters. The first-order chi connectivity index (χ1) is 17.2. The number of aromatic hydroxyl groups is 1. The number of phenols is 1. The van der Waals surface area contributed by atoms with Crippen molar-refractivity contribution in [2.45, 2.75) is 115 Å². The van der Waals surface area contributed by atoms with Gasteiger partial charge in [0.05, 0.1) is 0 Å². The third kappa shape index (κ3) is 11.7. The first-order valence-electron chi connectivity index (χ1n) is 14.2. The molecule has 1 nitrogen and oxygen atoms in total. The number of unbranched alkanes of at least 4 members (excludes halogenated alkanes) is 10. The average Bonchev–Trinajstić information content (AvgIpc) is 2.87. The molecular formula is C32H50OS2. The lowest BCUT2D eigenvalue weighted by Gasteiger charge is -2.22. The van der Waals surface area contributed by atoms with Crippen molar-refractivity contribution in [1.29, 1.82) is 0 Å². The first kappa shape index (κ1) is 30.2. The van der Waals surface area contributed by atoms with Crippen LogP contribution in [0.2, 0.25) is 0 Å². The molecule has 0 bridgehead atoms. The number of phenolic OH excluding ortho intramolecular Hbond substituents is 1. The van der Waals surface area contributed by atoms with Crippen molar-refractivity contribution in [2.75, 3.05) is 11.5 Å². The zero-order chi connectivity index (χ0) is 25.1. The number of rotatable bonds is 20. The molecule has 0 amide bonds. The Morgan fingerprint density at radius 3 is 1.63 bits per heavy atom. The van der Waals surface area contributed by atoms with Crippen molar-refractivity contribution in [3.05, 3.63) is 64.7 Å². The van der Waals surface area contributed by atoms with Gasteiger partial charge in [-0.05, 0) is 47.1 Å². The Balaban J connectivity index is 1.99. The predicted molar refractivity (Wildman–Crippen MR) is 161 cm³/mol. The van der Waals surface area contributed by atoms with Gasteiger partial charge >= 0.3 is 0 Å². The minimum absolute atomic E-state index is 0.201. The van der Waals surface area contributed by atoms with Crippen LogP contribution in [0.1, 0.15) is 126 Å². The third-order valence-electron chi connectivity index (χ3n) is 6.92. The van der Waals surface area contributed by atoms with Gasteiger partial charge in [-0.3, -0.25) is 0 Å². The largest absolute Gasteiger partial charge is 0.508 e. The summed E-state index contributed by atoms with van der Waals surface area (Å²) in [6.07, 6.45) is 16.3. The quantitative estimate of drug-likeness (QED) is 0.177. The lowest BCUT2D eigenvalue weighted by atomic mass is 9.86. The van der Waals surface area contributed by atoms with Gasteiger partial charge in [0.15, 0.2) is 0 Å². The summed E-state index contributed by atoms with van der Waals surface area (Å²) in [7, 11) is 0. The van der Waals surface area contributed by atoms with E-state index < -0.39 is 0 Å². The molecule has 3 heteroatoms. The van der Waals surface area contributed by atoms with Crippen molar-refractivity contribution in [2.24, 2.45) is 0 Å². The van der Waals surface area contributed by atoms with E-state index in [1.54, 1.807) is 0 Å². The number of hydrogen-bond acceptors (Lipinski definition) is 3. The maximum atomic E-state index is 10.6. The van der Waals surface area contributed by atoms with Gasteiger partial charge < -0.3 is 5.11 Å². The molecule has 0 aliphatic heterocycles. The molecule has 2 rings (SSSR count). The molecule has 35 heavy (non-hydrogen) atoms. The molecular weight excluding hydrogens is 464 g/mol. The monoisotopic (exact) mass is 514 g/mol. The lowest BCUT2D eigenvalue weighted by molar-refractivity contribution is 0.466. The van der Waals surface area contributed by atoms with Crippen molar-refractivity contribution in [1.82, 2.24) is 0 Å². The molecule has 0 aliphatic carbocycles. The van der Waals surface area contributed by atoms with Crippen LogP contribution in [-0.2, 0) is 11.5 Å². The van der Waals surface area contributed by atoms with E-state index in [9.17, 15) is 5.11 Å². The summed E-state index contributed by atoms with van der Waals surface area (Å²) < 4.78 is 0. The Morgan fingerprint density at radius 2 is 1.11 bits per heavy atom. The summed E-state index contributed by atoms with van der Waals surface area (Å²) in [6.45, 7) is 6.84. The Morgan fingerprint density at radius 1 is 0.629 bits per heavy atom. The minimum atomic E-state index is 0.201. The summed E-state index contributed by atoms with van der Waals surface area (Å²) in [5, 5.41) is 10.6. The van der Waals surface area contributed by atoms with Gasteiger partial charge in [0.1, 0.15) is 5.75 Å². The smallest absolute Gasteiger partial charge is 0.119 e. The second kappa shape index (κ2) is 19.1. The topological polar surface area (TPSA) is 20.2 Å². The van der Waals surface area contributed by atoms with Crippen LogP contribution in [-0.4, -0.2) is 16.6 Å². The van der Waals surface area contributed by atoms with Crippen LogP contribution in [0.15, 0.2) is 42.5 Å². The van der Waals surface area contributed by atoms with Crippen molar-refractivity contribution in [3.63, 3.8) is 0 Å². The maximum Gasteiger partial charge on any atom is 0.119 e. The highest BCUT2D eigenvalue weighted by Crippen LogP contribution is 2.37. The van der Waals surface area contributed by atoms with E-state index in [4.69, 9.17) is 0 Å². The normalized spacial score (nSPS) is 12.2. The molecule has 196 valence electrons. The van der Waals surface area contributed by atoms with E-state index in [0.29, 0.717) is 5.75 Å². The van der Waals surface area contributed by atoms with Gasteiger partial charge in [-0.2, -0.15) is 23.5 Å². The van der Waals surface area contributed by atoms with Gasteiger partial charge in [-0.25, -0.2) is 0 Å². The second-order valence-corrected chi connectivity index (χ2v) is 12.1. The fourth-order valence-electron chi connectivity index (χ4n) is 4.82. The minimum Gasteiger partial charge on any atom is -0.508 e. The zero-order valence-electron chi connectivity index (χ0n) is 22.7. The summed E-state index contributed by atoms with van der Waals surface area (Å²) in [4.78, 5) is 0. The molecule has 2 aromatic carbocycles. The summed E-state index contributed by atoms with van der Waals surface area (Å²) in [6, 6.07) is 14.8. The molecule has 1 N–H and O–H groups in total. The van der Waals surface area contributed by atoms with E-state index >= 15 is 0 Å². The Hall–Kier alpha value is -1.06. The Bertz CT molecular complexity index is 766. The van der Waals surface area contributed by atoms with Crippen molar-refractivity contribution >= 4 is 23.5 Å². The van der Waals surface area contributed by atoms with Crippen molar-refractivity contribution in [3.8, 4) is 5.75 Å². The van der Waals surface area contributed by atoms with Gasteiger partial charge in [0.25, 0.3) is 0 Å². The molecule has 0 aliphatic rings. The summed E-state index contributed by atoms with van der Waals surface area (Å²) in [5.74, 6) is 5.24. The average molecular weight is 515 g/mol. The van der Waals surface area contributed by atoms with E-state index in [1.165, 1.54) is 105 Å². The van der Waals surface area contributed by atoms with Crippen LogP contribution < -0.4 is 0 Å². The zero-order valence-corrected chi connectivity index (χ0v) is 24.3. The lowest BCUT2D eigenvalue weighted by Crippen LogP contribution is -2.06. The SMILES string of the molecule is CCCCCCCCSCc1cccc(CSCCCCCCCC)c1C(C)c1ccccc1O. The summed E-state index contributed by atoms with van der Waals surface area (Å²) >= 11 is 4.16. The second-order valence-electron chi connectivity index (χ2n) is 9.91. The molecule has 0 radical (unpaired) electrons. The molecule has 1 unspecified atom stereocenters. The number of benzene rings is 2.